The van der Waals surface area contributed by atoms with Crippen LogP contribution in [-0.4, -0.2) is 46.9 Å². The van der Waals surface area contributed by atoms with Gasteiger partial charge in [0.25, 0.3) is 0 Å². The van der Waals surface area contributed by atoms with Gasteiger partial charge in [-0.25, -0.2) is 0 Å². The van der Waals surface area contributed by atoms with Crippen LogP contribution in [0.25, 0.3) is 0 Å². The van der Waals surface area contributed by atoms with Crippen molar-refractivity contribution < 1.29 is 24.5 Å². The van der Waals surface area contributed by atoms with E-state index in [1.54, 1.807) is 0 Å². The number of unbranched alkanes of at least 4 members (excludes halogenated alkanes) is 27. The Labute approximate surface area is 360 Å². The Bertz CT molecular complexity index is 961. The maximum Gasteiger partial charge on any atom is 0.306 e. The van der Waals surface area contributed by atoms with E-state index in [4.69, 9.17) is 4.74 Å². The van der Waals surface area contributed by atoms with Crippen LogP contribution >= 0.6 is 0 Å². The van der Waals surface area contributed by atoms with Crippen molar-refractivity contribution in [2.75, 3.05) is 6.61 Å². The number of rotatable bonds is 45. The van der Waals surface area contributed by atoms with Gasteiger partial charge in [-0.15, -0.1) is 0 Å². The summed E-state index contributed by atoms with van der Waals surface area (Å²) >= 11 is 0. The highest BCUT2D eigenvalue weighted by Gasteiger charge is 2.24. The molecule has 0 aromatic heterocycles. The van der Waals surface area contributed by atoms with E-state index in [1.807, 2.05) is 6.08 Å². The molecule has 0 spiro atoms. The van der Waals surface area contributed by atoms with Gasteiger partial charge in [0.2, 0.25) is 5.91 Å². The molecule has 0 aliphatic rings. The average Bonchev–Trinajstić information content (AvgIpc) is 3.22. The van der Waals surface area contributed by atoms with Gasteiger partial charge in [0.05, 0.1) is 25.2 Å². The van der Waals surface area contributed by atoms with Gasteiger partial charge in [0, 0.05) is 6.42 Å². The van der Waals surface area contributed by atoms with E-state index >= 15 is 0 Å². The molecule has 0 fully saturated rings. The van der Waals surface area contributed by atoms with Crippen LogP contribution < -0.4 is 5.32 Å². The highest BCUT2D eigenvalue weighted by molar-refractivity contribution is 5.77. The number of aliphatic hydroxyl groups is 2. The number of hydrogen-bond acceptors (Lipinski definition) is 5. The molecule has 0 saturated carbocycles. The van der Waals surface area contributed by atoms with Gasteiger partial charge < -0.3 is 20.3 Å². The number of ether oxygens (including phenoxy) is 1. The fraction of sp³-hybridized carbons (Fsp3) is 0.846. The minimum Gasteiger partial charge on any atom is -0.462 e. The van der Waals surface area contributed by atoms with Crippen molar-refractivity contribution in [3.63, 3.8) is 0 Å². The number of amides is 1. The molecule has 0 saturated heterocycles. The third kappa shape index (κ3) is 40.8. The number of carbonyl (C=O) groups is 2. The number of esters is 1. The first-order valence-corrected chi connectivity index (χ1v) is 25.2. The SMILES string of the molecule is CCCC/C=C\CCCCCC(CC(=O)NC(CO)C(O)CCCCCCCCCCCCCCCCCCC)OC(=O)CC/C=C/C/C=C\CCCCCCCC. The van der Waals surface area contributed by atoms with E-state index in [2.05, 4.69) is 56.5 Å². The number of carbonyl (C=O) groups excluding carboxylic acids is 2. The Hall–Kier alpha value is -1.92. The quantitative estimate of drug-likeness (QED) is 0.0323. The van der Waals surface area contributed by atoms with Crippen LogP contribution in [0.2, 0.25) is 0 Å². The van der Waals surface area contributed by atoms with E-state index in [1.165, 1.54) is 141 Å². The number of hydrogen-bond donors (Lipinski definition) is 3. The lowest BCUT2D eigenvalue weighted by molar-refractivity contribution is -0.150. The molecule has 6 heteroatoms. The largest absolute Gasteiger partial charge is 0.462 e. The van der Waals surface area contributed by atoms with Gasteiger partial charge in [-0.05, 0) is 64.2 Å². The predicted octanol–water partition coefficient (Wildman–Crippen LogP) is 14.9. The van der Waals surface area contributed by atoms with Crippen LogP contribution in [0.1, 0.15) is 258 Å². The van der Waals surface area contributed by atoms with Crippen molar-refractivity contribution in [3.05, 3.63) is 36.5 Å². The molecule has 6 nitrogen and oxygen atoms in total. The van der Waals surface area contributed by atoms with Gasteiger partial charge >= 0.3 is 5.97 Å². The van der Waals surface area contributed by atoms with Crippen molar-refractivity contribution in [1.29, 1.82) is 0 Å². The molecule has 0 aliphatic carbocycles. The fourth-order valence-corrected chi connectivity index (χ4v) is 7.58. The lowest BCUT2D eigenvalue weighted by Gasteiger charge is -2.24. The Morgan fingerprint density at radius 3 is 1.40 bits per heavy atom. The zero-order chi connectivity index (χ0) is 42.4. The molecule has 3 atom stereocenters. The average molecular weight is 816 g/mol. The first-order chi connectivity index (χ1) is 28.5. The maximum absolute atomic E-state index is 13.1. The molecular weight excluding hydrogens is 719 g/mol. The molecule has 3 N–H and O–H groups in total. The predicted molar refractivity (Wildman–Crippen MR) is 250 cm³/mol. The molecule has 0 aromatic rings. The summed E-state index contributed by atoms with van der Waals surface area (Å²) in [5, 5.41) is 23.7. The second kappa shape index (κ2) is 46.2. The van der Waals surface area contributed by atoms with E-state index in [0.717, 1.165) is 64.2 Å². The van der Waals surface area contributed by atoms with Crippen LogP contribution in [0.4, 0.5) is 0 Å². The molecule has 0 aliphatic heterocycles. The van der Waals surface area contributed by atoms with Crippen LogP contribution in [0.15, 0.2) is 36.5 Å². The van der Waals surface area contributed by atoms with Gasteiger partial charge in [0.15, 0.2) is 0 Å². The summed E-state index contributed by atoms with van der Waals surface area (Å²) < 4.78 is 5.86. The van der Waals surface area contributed by atoms with Crippen molar-refractivity contribution in [1.82, 2.24) is 5.32 Å². The smallest absolute Gasteiger partial charge is 0.306 e. The van der Waals surface area contributed by atoms with Gasteiger partial charge in [-0.1, -0.05) is 218 Å². The molecule has 58 heavy (non-hydrogen) atoms. The summed E-state index contributed by atoms with van der Waals surface area (Å²) in [4.78, 5) is 26.0. The van der Waals surface area contributed by atoms with Crippen molar-refractivity contribution in [2.45, 2.75) is 277 Å². The van der Waals surface area contributed by atoms with E-state index in [9.17, 15) is 19.8 Å². The fourth-order valence-electron chi connectivity index (χ4n) is 7.58. The van der Waals surface area contributed by atoms with E-state index in [-0.39, 0.29) is 31.3 Å². The maximum atomic E-state index is 13.1. The third-order valence-electron chi connectivity index (χ3n) is 11.5. The van der Waals surface area contributed by atoms with Crippen molar-refractivity contribution in [2.24, 2.45) is 0 Å². The lowest BCUT2D eigenvalue weighted by atomic mass is 10.0. The first-order valence-electron chi connectivity index (χ1n) is 25.2. The second-order valence-electron chi connectivity index (χ2n) is 17.2. The zero-order valence-electron chi connectivity index (χ0n) is 38.7. The molecule has 0 bridgehead atoms. The topological polar surface area (TPSA) is 95.9 Å². The Morgan fingerprint density at radius 2 is 0.897 bits per heavy atom. The number of aliphatic hydroxyl groups excluding tert-OH is 2. The Balaban J connectivity index is 4.48. The first kappa shape index (κ1) is 56.1. The Kier molecular flexibility index (Phi) is 44.6. The zero-order valence-corrected chi connectivity index (χ0v) is 38.7. The Morgan fingerprint density at radius 1 is 0.500 bits per heavy atom. The molecule has 0 heterocycles. The molecule has 340 valence electrons. The second-order valence-corrected chi connectivity index (χ2v) is 17.2. The summed E-state index contributed by atoms with van der Waals surface area (Å²) in [6.07, 6.45) is 53.7. The highest BCUT2D eigenvalue weighted by Crippen LogP contribution is 2.17. The van der Waals surface area contributed by atoms with Gasteiger partial charge in [-0.2, -0.15) is 0 Å². The monoisotopic (exact) mass is 816 g/mol. The summed E-state index contributed by atoms with van der Waals surface area (Å²) in [6.45, 7) is 6.42. The third-order valence-corrected chi connectivity index (χ3v) is 11.5. The molecular formula is C52H97NO5. The summed E-state index contributed by atoms with van der Waals surface area (Å²) in [5.41, 5.74) is 0. The summed E-state index contributed by atoms with van der Waals surface area (Å²) in [5.74, 6) is -0.567. The standard InChI is InChI=1S/C52H97NO5/c1-4-7-10-13-16-19-21-23-24-25-26-28-29-32-35-38-41-44-50(55)49(47-54)53-51(56)46-48(43-40-37-34-31-18-15-12-9-6-3)58-52(57)45-42-39-36-33-30-27-22-20-17-14-11-8-5-2/h15,18,27,30,36,39,48-50,54-55H,4-14,16-17,19-26,28-29,31-35,37-38,40-47H2,1-3H3,(H,53,56)/b18-15-,30-27-,39-36+. The van der Waals surface area contributed by atoms with Crippen molar-refractivity contribution in [3.8, 4) is 0 Å². The van der Waals surface area contributed by atoms with Crippen LogP contribution in [0, 0.1) is 0 Å². The normalized spacial score (nSPS) is 13.5. The van der Waals surface area contributed by atoms with E-state index in [0.29, 0.717) is 19.3 Å². The molecule has 0 aromatic carbocycles. The van der Waals surface area contributed by atoms with Crippen molar-refractivity contribution >= 4 is 11.9 Å². The number of allylic oxidation sites excluding steroid dienone is 6. The molecule has 0 rings (SSSR count). The van der Waals surface area contributed by atoms with Crippen LogP contribution in [-0.2, 0) is 14.3 Å². The van der Waals surface area contributed by atoms with Crippen LogP contribution in [0.3, 0.4) is 0 Å². The molecule has 0 radical (unpaired) electrons. The summed E-state index contributed by atoms with van der Waals surface area (Å²) in [7, 11) is 0. The highest BCUT2D eigenvalue weighted by atomic mass is 16.5. The minimum atomic E-state index is -0.797. The molecule has 3 unspecified atom stereocenters. The van der Waals surface area contributed by atoms with Gasteiger partial charge in [0.1, 0.15) is 6.10 Å². The molecule has 1 amide bonds. The summed E-state index contributed by atoms with van der Waals surface area (Å²) in [6, 6.07) is -0.714. The minimum absolute atomic E-state index is 0.0459. The number of nitrogens with one attached hydrogen (secondary N) is 1. The lowest BCUT2D eigenvalue weighted by Crippen LogP contribution is -2.46. The van der Waals surface area contributed by atoms with Crippen LogP contribution in [0.5, 0.6) is 0 Å². The van der Waals surface area contributed by atoms with Gasteiger partial charge in [-0.3, -0.25) is 9.59 Å². The van der Waals surface area contributed by atoms with E-state index < -0.39 is 18.2 Å².